The van der Waals surface area contributed by atoms with Gasteiger partial charge in [0.25, 0.3) is 0 Å². The van der Waals surface area contributed by atoms with Gasteiger partial charge in [-0.15, -0.1) is 0 Å². The quantitative estimate of drug-likeness (QED) is 0.338. The molecular weight excluding hydrogens is 418 g/mol. The number of fused-ring (bicyclic) bond motifs is 1. The minimum atomic E-state index is -0.361. The maximum absolute atomic E-state index is 12.5. The molecular formula is C23H21NO2S3. The molecule has 0 saturated carbocycles. The molecule has 2 aromatic carbocycles. The number of anilines is 1. The van der Waals surface area contributed by atoms with Crippen LogP contribution in [0.25, 0.3) is 10.5 Å². The Morgan fingerprint density at radius 1 is 1.10 bits per heavy atom. The van der Waals surface area contributed by atoms with Gasteiger partial charge in [0.05, 0.1) is 16.9 Å². The Labute approximate surface area is 185 Å². The summed E-state index contributed by atoms with van der Waals surface area (Å²) >= 11 is 8.97. The Morgan fingerprint density at radius 3 is 2.52 bits per heavy atom. The first-order valence-electron chi connectivity index (χ1n) is 9.24. The van der Waals surface area contributed by atoms with Crippen molar-refractivity contribution in [3.8, 4) is 0 Å². The van der Waals surface area contributed by atoms with Gasteiger partial charge < -0.3 is 10.1 Å². The van der Waals surface area contributed by atoms with Crippen molar-refractivity contribution >= 4 is 62.7 Å². The molecule has 148 valence electrons. The molecule has 0 aromatic heterocycles. The number of rotatable bonds is 2. The number of esters is 1. The molecule has 0 radical (unpaired) electrons. The van der Waals surface area contributed by atoms with Crippen LogP contribution in [0.4, 0.5) is 5.69 Å². The smallest absolute Gasteiger partial charge is 0.345 e. The zero-order valence-electron chi connectivity index (χ0n) is 16.7. The van der Waals surface area contributed by atoms with Crippen molar-refractivity contribution in [1.29, 1.82) is 0 Å². The van der Waals surface area contributed by atoms with Crippen molar-refractivity contribution in [3.05, 3.63) is 74.4 Å². The molecule has 0 unspecified atom stereocenters. The van der Waals surface area contributed by atoms with Gasteiger partial charge in [-0.3, -0.25) is 0 Å². The third-order valence-corrected chi connectivity index (χ3v) is 8.23. The summed E-state index contributed by atoms with van der Waals surface area (Å²) in [6.45, 7) is 6.27. The highest BCUT2D eigenvalue weighted by atomic mass is 32.2. The van der Waals surface area contributed by atoms with Gasteiger partial charge in [0.1, 0.15) is 4.91 Å². The zero-order valence-corrected chi connectivity index (χ0v) is 19.1. The standard InChI is InChI=1S/C23H21NO2S3/c1-13-10-11-15-16(12-13)24-23(2,3)20(27)17(15)22-28-18(14-8-6-5-7-9-14)19(29-22)21(25)26-4/h5-12,24H,1-4H3/b22-17-. The van der Waals surface area contributed by atoms with Gasteiger partial charge in [0.2, 0.25) is 0 Å². The van der Waals surface area contributed by atoms with Crippen LogP contribution < -0.4 is 5.32 Å². The summed E-state index contributed by atoms with van der Waals surface area (Å²) in [5.41, 5.74) is 5.01. The Morgan fingerprint density at radius 2 is 1.83 bits per heavy atom. The first-order valence-corrected chi connectivity index (χ1v) is 11.3. The van der Waals surface area contributed by atoms with Crippen LogP contribution in [-0.4, -0.2) is 23.5 Å². The fraction of sp³-hybridized carbons (Fsp3) is 0.217. The molecule has 29 heavy (non-hydrogen) atoms. The van der Waals surface area contributed by atoms with E-state index in [1.54, 1.807) is 11.8 Å². The van der Waals surface area contributed by atoms with Crippen molar-refractivity contribution in [3.63, 3.8) is 0 Å². The van der Waals surface area contributed by atoms with E-state index in [2.05, 4.69) is 44.3 Å². The lowest BCUT2D eigenvalue weighted by Crippen LogP contribution is -2.43. The van der Waals surface area contributed by atoms with Crippen LogP contribution in [0.2, 0.25) is 0 Å². The monoisotopic (exact) mass is 439 g/mol. The van der Waals surface area contributed by atoms with Crippen molar-refractivity contribution < 1.29 is 9.53 Å². The van der Waals surface area contributed by atoms with Crippen molar-refractivity contribution in [2.75, 3.05) is 12.4 Å². The number of benzene rings is 2. The summed E-state index contributed by atoms with van der Waals surface area (Å²) < 4.78 is 6.10. The molecule has 2 aliphatic heterocycles. The van der Waals surface area contributed by atoms with Gasteiger partial charge in [-0.1, -0.05) is 78.2 Å². The summed E-state index contributed by atoms with van der Waals surface area (Å²) in [6.07, 6.45) is 0. The molecule has 1 N–H and O–H groups in total. The normalized spacial score (nSPS) is 20.3. The molecule has 3 nitrogen and oxygen atoms in total. The number of carbonyl (C=O) groups excluding carboxylic acids is 1. The van der Waals surface area contributed by atoms with E-state index in [1.165, 1.54) is 24.4 Å². The molecule has 0 spiro atoms. The molecule has 0 aliphatic carbocycles. The van der Waals surface area contributed by atoms with Crippen LogP contribution in [0.15, 0.2) is 57.7 Å². The summed E-state index contributed by atoms with van der Waals surface area (Å²) in [6, 6.07) is 16.3. The second-order valence-electron chi connectivity index (χ2n) is 7.51. The molecule has 4 rings (SSSR count). The zero-order chi connectivity index (χ0) is 20.8. The van der Waals surface area contributed by atoms with Gasteiger partial charge >= 0.3 is 5.97 Å². The van der Waals surface area contributed by atoms with Crippen molar-refractivity contribution in [2.24, 2.45) is 0 Å². The summed E-state index contributed by atoms with van der Waals surface area (Å²) in [5.74, 6) is -0.319. The van der Waals surface area contributed by atoms with Gasteiger partial charge in [-0.2, -0.15) is 0 Å². The molecule has 0 fully saturated rings. The van der Waals surface area contributed by atoms with Crippen LogP contribution in [0.3, 0.4) is 0 Å². The minimum Gasteiger partial charge on any atom is -0.465 e. The van der Waals surface area contributed by atoms with Gasteiger partial charge in [0.15, 0.2) is 0 Å². The Balaban J connectivity index is 1.88. The lowest BCUT2D eigenvalue weighted by atomic mass is 9.85. The van der Waals surface area contributed by atoms with E-state index in [0.29, 0.717) is 4.91 Å². The third-order valence-electron chi connectivity index (χ3n) is 4.89. The molecule has 2 heterocycles. The van der Waals surface area contributed by atoms with Crippen LogP contribution in [0, 0.1) is 6.92 Å². The second-order valence-corrected chi connectivity index (χ2v) is 10.2. The number of aryl methyl sites for hydroxylation is 1. The number of hydrogen-bond donors (Lipinski definition) is 1. The number of carbonyl (C=O) groups is 1. The van der Waals surface area contributed by atoms with Crippen molar-refractivity contribution in [1.82, 2.24) is 0 Å². The van der Waals surface area contributed by atoms with Crippen LogP contribution in [-0.2, 0) is 9.53 Å². The molecule has 2 aromatic rings. The van der Waals surface area contributed by atoms with E-state index in [9.17, 15) is 4.79 Å². The highest BCUT2D eigenvalue weighted by molar-refractivity contribution is 8.32. The highest BCUT2D eigenvalue weighted by Gasteiger charge is 2.38. The Bertz CT molecular complexity index is 1080. The predicted octanol–water partition coefficient (Wildman–Crippen LogP) is 6.26. The first kappa shape index (κ1) is 20.3. The number of methoxy groups -OCH3 is 1. The van der Waals surface area contributed by atoms with E-state index in [4.69, 9.17) is 17.0 Å². The molecule has 0 bridgehead atoms. The van der Waals surface area contributed by atoms with E-state index in [-0.39, 0.29) is 11.5 Å². The Hall–Kier alpha value is -2.02. The van der Waals surface area contributed by atoms with Gasteiger partial charge in [-0.25, -0.2) is 4.79 Å². The highest BCUT2D eigenvalue weighted by Crippen LogP contribution is 2.57. The molecule has 0 saturated heterocycles. The van der Waals surface area contributed by atoms with E-state index < -0.39 is 0 Å². The van der Waals surface area contributed by atoms with Crippen molar-refractivity contribution in [2.45, 2.75) is 26.3 Å². The van der Waals surface area contributed by atoms with Crippen LogP contribution >= 0.6 is 35.7 Å². The maximum atomic E-state index is 12.5. The summed E-state index contributed by atoms with van der Waals surface area (Å²) in [4.78, 5) is 14.9. The summed E-state index contributed by atoms with van der Waals surface area (Å²) in [7, 11) is 1.42. The number of ether oxygens (including phenoxy) is 1. The average molecular weight is 440 g/mol. The number of thiocarbonyl (C=S) groups is 1. The lowest BCUT2D eigenvalue weighted by Gasteiger charge is -2.37. The average Bonchev–Trinajstić information content (AvgIpc) is 3.14. The van der Waals surface area contributed by atoms with Gasteiger partial charge in [0, 0.05) is 26.6 Å². The molecule has 6 heteroatoms. The first-order chi connectivity index (χ1) is 13.8. The topological polar surface area (TPSA) is 38.3 Å². The van der Waals surface area contributed by atoms with E-state index in [1.807, 2.05) is 30.3 Å². The predicted molar refractivity (Wildman–Crippen MR) is 129 cm³/mol. The molecule has 0 atom stereocenters. The maximum Gasteiger partial charge on any atom is 0.345 e. The van der Waals surface area contributed by atoms with Crippen LogP contribution in [0.5, 0.6) is 0 Å². The number of nitrogens with one attached hydrogen (secondary N) is 1. The fourth-order valence-corrected chi connectivity index (χ4v) is 6.53. The molecule has 0 amide bonds. The largest absolute Gasteiger partial charge is 0.465 e. The third kappa shape index (κ3) is 3.65. The molecule has 2 aliphatic rings. The van der Waals surface area contributed by atoms with E-state index in [0.717, 1.165) is 36.4 Å². The van der Waals surface area contributed by atoms with Gasteiger partial charge in [-0.05, 0) is 38.0 Å². The van der Waals surface area contributed by atoms with Crippen LogP contribution in [0.1, 0.15) is 30.5 Å². The summed E-state index contributed by atoms with van der Waals surface area (Å²) in [5, 5.41) is 3.57. The lowest BCUT2D eigenvalue weighted by molar-refractivity contribution is -0.135. The SMILES string of the molecule is COC(=O)C1=C(c2ccccc2)S/C(=C2/C(=S)C(C)(C)Nc3cc(C)ccc32)S1. The Kier molecular flexibility index (Phi) is 5.36. The fourth-order valence-electron chi connectivity index (χ4n) is 3.42. The van der Waals surface area contributed by atoms with E-state index >= 15 is 0 Å². The minimum absolute atomic E-state index is 0.319. The second kappa shape index (κ2) is 7.67. The number of thioether (sulfide) groups is 2. The number of hydrogen-bond acceptors (Lipinski definition) is 6.